The average molecular weight is 448 g/mol. The van der Waals surface area contributed by atoms with Gasteiger partial charge in [-0.1, -0.05) is 12.1 Å². The van der Waals surface area contributed by atoms with Crippen molar-refractivity contribution in [2.45, 2.75) is 6.92 Å². The van der Waals surface area contributed by atoms with Crippen LogP contribution in [0.5, 0.6) is 0 Å². The Morgan fingerprint density at radius 1 is 1.07 bits per heavy atom. The van der Waals surface area contributed by atoms with Gasteiger partial charge in [0.25, 0.3) is 5.91 Å². The number of thiazole rings is 1. The number of benzene rings is 2. The largest absolute Gasteiger partial charge is 0.478 e. The summed E-state index contributed by atoms with van der Waals surface area (Å²) in [6, 6.07) is 6.52. The molecule has 2 aromatic heterocycles. The molecule has 0 saturated carbocycles. The van der Waals surface area contributed by atoms with Gasteiger partial charge in [-0.15, -0.1) is 22.7 Å². The monoisotopic (exact) mass is 448 g/mol. The summed E-state index contributed by atoms with van der Waals surface area (Å²) in [7, 11) is 0. The maximum atomic E-state index is 14.4. The van der Waals surface area contributed by atoms with E-state index < -0.39 is 29.3 Å². The number of fused-ring (bicyclic) bond motifs is 1. The normalized spacial score (nSPS) is 11.1. The number of nitrogens with zero attached hydrogens (tertiary/aromatic N) is 1. The summed E-state index contributed by atoms with van der Waals surface area (Å²) in [5, 5.41) is 13.4. The van der Waals surface area contributed by atoms with Crippen LogP contribution >= 0.6 is 22.7 Å². The van der Waals surface area contributed by atoms with Crippen molar-refractivity contribution >= 4 is 49.8 Å². The third-order valence-electron chi connectivity index (χ3n) is 4.34. The first-order chi connectivity index (χ1) is 14.3. The highest BCUT2D eigenvalue weighted by atomic mass is 32.1. The molecule has 0 fully saturated rings. The van der Waals surface area contributed by atoms with Crippen molar-refractivity contribution < 1.29 is 27.9 Å². The first-order valence-corrected chi connectivity index (χ1v) is 10.1. The van der Waals surface area contributed by atoms with E-state index in [1.54, 1.807) is 0 Å². The number of carboxylic acids is 1. The van der Waals surface area contributed by atoms with Crippen LogP contribution in [0.1, 0.15) is 25.7 Å². The molecule has 0 atom stereocenters. The lowest BCUT2D eigenvalue weighted by Gasteiger charge is -2.07. The van der Waals surface area contributed by atoms with Gasteiger partial charge in [-0.2, -0.15) is 0 Å². The zero-order valence-corrected chi connectivity index (χ0v) is 16.8. The Hall–Kier alpha value is -3.24. The summed E-state index contributed by atoms with van der Waals surface area (Å²) >= 11 is 1.81. The lowest BCUT2D eigenvalue weighted by Crippen LogP contribution is -2.13. The zero-order valence-electron chi connectivity index (χ0n) is 15.1. The fraction of sp³-hybridized carbons (Fsp3) is 0.0500. The average Bonchev–Trinajstić information content (AvgIpc) is 3.30. The van der Waals surface area contributed by atoms with Gasteiger partial charge in [0.2, 0.25) is 0 Å². The quantitative estimate of drug-likeness (QED) is 0.420. The minimum Gasteiger partial charge on any atom is -0.478 e. The molecule has 2 aromatic carbocycles. The fourth-order valence-corrected chi connectivity index (χ4v) is 4.70. The number of hydrogen-bond donors (Lipinski definition) is 2. The highest BCUT2D eigenvalue weighted by Gasteiger charge is 2.25. The number of aromatic carboxylic acids is 1. The molecule has 1 amide bonds. The topological polar surface area (TPSA) is 79.3 Å². The summed E-state index contributed by atoms with van der Waals surface area (Å²) in [6.45, 7) is 1.39. The number of carboxylic acid groups (broad SMARTS) is 1. The molecule has 0 aliphatic rings. The van der Waals surface area contributed by atoms with E-state index in [9.17, 15) is 27.9 Å². The minimum atomic E-state index is -1.41. The summed E-state index contributed by atoms with van der Waals surface area (Å²) < 4.78 is 42.1. The van der Waals surface area contributed by atoms with E-state index in [0.717, 1.165) is 22.7 Å². The van der Waals surface area contributed by atoms with Gasteiger partial charge in [0.05, 0.1) is 10.2 Å². The molecule has 0 spiro atoms. The van der Waals surface area contributed by atoms with Crippen molar-refractivity contribution in [3.05, 3.63) is 69.3 Å². The molecule has 152 valence electrons. The van der Waals surface area contributed by atoms with Gasteiger partial charge >= 0.3 is 5.97 Å². The Morgan fingerprint density at radius 2 is 1.83 bits per heavy atom. The number of carbonyl (C=O) groups is 2. The molecule has 0 unspecified atom stereocenters. The molecule has 5 nitrogen and oxygen atoms in total. The molecule has 4 rings (SSSR count). The maximum absolute atomic E-state index is 14.4. The van der Waals surface area contributed by atoms with Gasteiger partial charge in [-0.05, 0) is 30.7 Å². The van der Waals surface area contributed by atoms with Crippen molar-refractivity contribution in [1.29, 1.82) is 0 Å². The lowest BCUT2D eigenvalue weighted by atomic mass is 10.0. The molecule has 0 aliphatic heterocycles. The molecule has 2 N–H and O–H groups in total. The maximum Gasteiger partial charge on any atom is 0.339 e. The molecule has 30 heavy (non-hydrogen) atoms. The van der Waals surface area contributed by atoms with E-state index in [1.165, 1.54) is 42.6 Å². The number of halogens is 3. The van der Waals surface area contributed by atoms with Crippen LogP contribution in [0.4, 0.5) is 18.2 Å². The van der Waals surface area contributed by atoms with Gasteiger partial charge in [0, 0.05) is 16.5 Å². The molecule has 4 aromatic rings. The highest BCUT2D eigenvalue weighted by molar-refractivity contribution is 7.20. The smallest absolute Gasteiger partial charge is 0.339 e. The van der Waals surface area contributed by atoms with Crippen LogP contribution in [-0.4, -0.2) is 22.0 Å². The van der Waals surface area contributed by atoms with Crippen LogP contribution in [0.2, 0.25) is 0 Å². The van der Waals surface area contributed by atoms with E-state index in [4.69, 9.17) is 0 Å². The highest BCUT2D eigenvalue weighted by Crippen LogP contribution is 2.38. The number of anilines is 1. The van der Waals surface area contributed by atoms with E-state index in [0.29, 0.717) is 10.2 Å². The number of aromatic nitrogens is 1. The molecule has 0 saturated heterocycles. The molecule has 0 bridgehead atoms. The van der Waals surface area contributed by atoms with Crippen molar-refractivity contribution in [3.63, 3.8) is 0 Å². The van der Waals surface area contributed by atoms with Gasteiger partial charge in [-0.3, -0.25) is 4.79 Å². The Kier molecular flexibility index (Phi) is 5.04. The summed E-state index contributed by atoms with van der Waals surface area (Å²) in [5.74, 6) is -4.80. The number of carbonyl (C=O) groups excluding carboxylic acids is 1. The molecule has 0 aliphatic carbocycles. The third kappa shape index (κ3) is 3.44. The standard InChI is InChI=1S/C20H11F3N2O3S2/c1-8-2-4-10(16(23)15(8)22)11-7-29-18(14(11)20(27)28)25-17(26)19-24-12-5-3-9(21)6-13(12)30-19/h2-7H,1H3,(H,25,26)(H,27,28). The SMILES string of the molecule is Cc1ccc(-c2csc(NC(=O)c3nc4ccc(F)cc4s3)c2C(=O)O)c(F)c1F. The van der Waals surface area contributed by atoms with Crippen LogP contribution in [0.3, 0.4) is 0 Å². The minimum absolute atomic E-state index is 0.00875. The second-order valence-corrected chi connectivity index (χ2v) is 8.21. The molecule has 10 heteroatoms. The Morgan fingerprint density at radius 3 is 2.57 bits per heavy atom. The lowest BCUT2D eigenvalue weighted by molar-refractivity contribution is 0.0699. The van der Waals surface area contributed by atoms with Crippen molar-refractivity contribution in [2.24, 2.45) is 0 Å². The van der Waals surface area contributed by atoms with E-state index in [1.807, 2.05) is 0 Å². The number of amides is 1. The van der Waals surface area contributed by atoms with Gasteiger partial charge < -0.3 is 10.4 Å². The fourth-order valence-electron chi connectivity index (χ4n) is 2.87. The second kappa shape index (κ2) is 7.54. The Balaban J connectivity index is 1.72. The van der Waals surface area contributed by atoms with Gasteiger partial charge in [-0.25, -0.2) is 22.9 Å². The first-order valence-electron chi connectivity index (χ1n) is 8.43. The third-order valence-corrected chi connectivity index (χ3v) is 6.25. The summed E-state index contributed by atoms with van der Waals surface area (Å²) in [6.07, 6.45) is 0. The van der Waals surface area contributed by atoms with Crippen LogP contribution in [0.15, 0.2) is 35.7 Å². The predicted molar refractivity (Wildman–Crippen MR) is 109 cm³/mol. The summed E-state index contributed by atoms with van der Waals surface area (Å²) in [5.41, 5.74) is -0.117. The Labute approximate surface area is 175 Å². The summed E-state index contributed by atoms with van der Waals surface area (Å²) in [4.78, 5) is 28.5. The van der Waals surface area contributed by atoms with E-state index in [-0.39, 0.29) is 32.3 Å². The van der Waals surface area contributed by atoms with Crippen LogP contribution < -0.4 is 5.32 Å². The first kappa shape index (κ1) is 20.0. The number of nitrogens with one attached hydrogen (secondary N) is 1. The number of hydrogen-bond acceptors (Lipinski definition) is 5. The van der Waals surface area contributed by atoms with Gasteiger partial charge in [0.1, 0.15) is 16.4 Å². The van der Waals surface area contributed by atoms with Crippen LogP contribution in [0, 0.1) is 24.4 Å². The van der Waals surface area contributed by atoms with Crippen LogP contribution in [0.25, 0.3) is 21.3 Å². The molecular weight excluding hydrogens is 437 g/mol. The van der Waals surface area contributed by atoms with E-state index >= 15 is 0 Å². The van der Waals surface area contributed by atoms with E-state index in [2.05, 4.69) is 10.3 Å². The zero-order chi connectivity index (χ0) is 21.6. The van der Waals surface area contributed by atoms with Crippen molar-refractivity contribution in [1.82, 2.24) is 4.98 Å². The molecular formula is C20H11F3N2O3S2. The second-order valence-electron chi connectivity index (χ2n) is 6.30. The van der Waals surface area contributed by atoms with Crippen LogP contribution in [-0.2, 0) is 0 Å². The predicted octanol–water partition coefficient (Wildman–Crippen LogP) is 5.70. The molecule has 0 radical (unpaired) electrons. The number of thiophene rings is 1. The van der Waals surface area contributed by atoms with Crippen molar-refractivity contribution in [2.75, 3.05) is 5.32 Å². The molecule has 2 heterocycles. The Bertz CT molecular complexity index is 1330. The van der Waals surface area contributed by atoms with Gasteiger partial charge in [0.15, 0.2) is 16.6 Å². The van der Waals surface area contributed by atoms with Crippen molar-refractivity contribution in [3.8, 4) is 11.1 Å². The number of rotatable bonds is 4. The number of aryl methyl sites for hydroxylation is 1.